The zero-order valence-corrected chi connectivity index (χ0v) is 9.33. The Balaban J connectivity index is 2.51. The number of halogens is 1. The van der Waals surface area contributed by atoms with E-state index in [0.717, 1.165) is 0 Å². The van der Waals surface area contributed by atoms with Gasteiger partial charge in [0.2, 0.25) is 0 Å². The van der Waals surface area contributed by atoms with Crippen LogP contribution in [0.2, 0.25) is 5.02 Å². The Morgan fingerprint density at radius 2 is 2.20 bits per heavy atom. The van der Waals surface area contributed by atoms with Crippen molar-refractivity contribution in [1.82, 2.24) is 0 Å². The molecule has 0 bridgehead atoms. The van der Waals surface area contributed by atoms with Crippen molar-refractivity contribution in [3.8, 4) is 0 Å². The molecule has 0 aliphatic rings. The quantitative estimate of drug-likeness (QED) is 0.436. The first kappa shape index (κ1) is 12.0. The van der Waals surface area contributed by atoms with Gasteiger partial charge in [-0.2, -0.15) is 0 Å². The molecule has 3 heteroatoms. The third kappa shape index (κ3) is 3.86. The topological polar surface area (TPSA) is 26.3 Å². The first-order chi connectivity index (χ1) is 7.25. The number of Topliss-reactive ketones (excluding diaryl/α,β-unsaturated/α-hetero) is 1. The van der Waals surface area contributed by atoms with E-state index >= 15 is 0 Å². The second kappa shape index (κ2) is 6.38. The molecule has 1 aromatic carbocycles. The maximum Gasteiger partial charge on any atom is 0.189 e. The number of benzene rings is 1. The molecule has 0 amide bonds. The van der Waals surface area contributed by atoms with Crippen molar-refractivity contribution in [1.29, 1.82) is 0 Å². The summed E-state index contributed by atoms with van der Waals surface area (Å²) in [6.45, 7) is 2.42. The van der Waals surface area contributed by atoms with Gasteiger partial charge in [0.1, 0.15) is 6.61 Å². The molecule has 15 heavy (non-hydrogen) atoms. The van der Waals surface area contributed by atoms with E-state index in [-0.39, 0.29) is 12.4 Å². The van der Waals surface area contributed by atoms with Crippen LogP contribution in [0.25, 0.3) is 0 Å². The van der Waals surface area contributed by atoms with Gasteiger partial charge in [-0.15, -0.1) is 0 Å². The van der Waals surface area contributed by atoms with Crippen LogP contribution in [0.1, 0.15) is 17.3 Å². The van der Waals surface area contributed by atoms with Gasteiger partial charge in [-0.1, -0.05) is 35.9 Å². The van der Waals surface area contributed by atoms with Crippen LogP contribution in [0.15, 0.2) is 36.4 Å². The van der Waals surface area contributed by atoms with E-state index in [9.17, 15) is 4.79 Å². The number of allylic oxidation sites excluding steroid dienone is 1. The third-order valence-corrected chi connectivity index (χ3v) is 2.19. The van der Waals surface area contributed by atoms with Crippen molar-refractivity contribution in [2.24, 2.45) is 0 Å². The number of carbonyl (C=O) groups is 1. The van der Waals surface area contributed by atoms with Crippen LogP contribution in [0.4, 0.5) is 0 Å². The summed E-state index contributed by atoms with van der Waals surface area (Å²) in [4.78, 5) is 11.6. The summed E-state index contributed by atoms with van der Waals surface area (Å²) in [7, 11) is 0. The van der Waals surface area contributed by atoms with E-state index in [2.05, 4.69) is 0 Å². The minimum absolute atomic E-state index is 0.0636. The maximum absolute atomic E-state index is 11.6. The fourth-order valence-electron chi connectivity index (χ4n) is 1.08. The first-order valence-corrected chi connectivity index (χ1v) is 5.10. The predicted molar refractivity (Wildman–Crippen MR) is 61.4 cm³/mol. The molecule has 0 N–H and O–H groups in total. The molecule has 0 saturated heterocycles. The minimum Gasteiger partial charge on any atom is -0.369 e. The lowest BCUT2D eigenvalue weighted by Gasteiger charge is -2.02. The van der Waals surface area contributed by atoms with Crippen LogP contribution < -0.4 is 0 Å². The van der Waals surface area contributed by atoms with E-state index in [1.807, 2.05) is 19.1 Å². The average Bonchev–Trinajstić information content (AvgIpc) is 2.25. The molecule has 0 saturated carbocycles. The largest absolute Gasteiger partial charge is 0.369 e. The lowest BCUT2D eigenvalue weighted by atomic mass is 10.1. The van der Waals surface area contributed by atoms with Crippen molar-refractivity contribution < 1.29 is 9.53 Å². The Labute approximate surface area is 94.5 Å². The molecule has 0 aliphatic heterocycles. The van der Waals surface area contributed by atoms with Crippen molar-refractivity contribution in [3.63, 3.8) is 0 Å². The zero-order valence-electron chi connectivity index (χ0n) is 8.57. The van der Waals surface area contributed by atoms with Gasteiger partial charge in [-0.25, -0.2) is 0 Å². The van der Waals surface area contributed by atoms with E-state index < -0.39 is 0 Å². The highest BCUT2D eigenvalue weighted by atomic mass is 35.5. The summed E-state index contributed by atoms with van der Waals surface area (Å²) in [5.41, 5.74) is 0.514. The van der Waals surface area contributed by atoms with Gasteiger partial charge in [0, 0.05) is 5.56 Å². The predicted octanol–water partition coefficient (Wildman–Crippen LogP) is 3.12. The van der Waals surface area contributed by atoms with Gasteiger partial charge in [-0.3, -0.25) is 4.79 Å². The van der Waals surface area contributed by atoms with Crippen LogP contribution in [-0.2, 0) is 4.74 Å². The molecule has 2 nitrogen and oxygen atoms in total. The standard InChI is InChI=1S/C12H13ClO2/c1-2-3-8-15-9-12(14)10-6-4-5-7-11(10)13/h2-7H,8-9H2,1H3. The Morgan fingerprint density at radius 3 is 2.87 bits per heavy atom. The average molecular weight is 225 g/mol. The highest BCUT2D eigenvalue weighted by molar-refractivity contribution is 6.34. The fourth-order valence-corrected chi connectivity index (χ4v) is 1.32. The summed E-state index contributed by atoms with van der Waals surface area (Å²) in [5.74, 6) is -0.0925. The van der Waals surface area contributed by atoms with Crippen LogP contribution in [-0.4, -0.2) is 19.0 Å². The molecule has 0 heterocycles. The van der Waals surface area contributed by atoms with Crippen LogP contribution in [0, 0.1) is 0 Å². The maximum atomic E-state index is 11.6. The molecular weight excluding hydrogens is 212 g/mol. The number of hydrogen-bond acceptors (Lipinski definition) is 2. The third-order valence-electron chi connectivity index (χ3n) is 1.86. The molecular formula is C12H13ClO2. The summed E-state index contributed by atoms with van der Waals surface area (Å²) < 4.78 is 5.15. The summed E-state index contributed by atoms with van der Waals surface area (Å²) in [6.07, 6.45) is 3.72. The Hall–Kier alpha value is -1.12. The van der Waals surface area contributed by atoms with Gasteiger partial charge in [0.05, 0.1) is 11.6 Å². The van der Waals surface area contributed by atoms with Gasteiger partial charge in [0.25, 0.3) is 0 Å². The Kier molecular flexibility index (Phi) is 5.08. The van der Waals surface area contributed by atoms with Crippen LogP contribution in [0.5, 0.6) is 0 Å². The Bertz CT molecular complexity index is 358. The highest BCUT2D eigenvalue weighted by Gasteiger charge is 2.08. The smallest absolute Gasteiger partial charge is 0.189 e. The number of rotatable bonds is 5. The molecule has 0 aliphatic carbocycles. The van der Waals surface area contributed by atoms with Gasteiger partial charge < -0.3 is 4.74 Å². The molecule has 0 fully saturated rings. The molecule has 1 rings (SSSR count). The lowest BCUT2D eigenvalue weighted by Crippen LogP contribution is -2.09. The van der Waals surface area contributed by atoms with Crippen molar-refractivity contribution in [3.05, 3.63) is 47.0 Å². The molecule has 0 atom stereocenters. The molecule has 0 unspecified atom stereocenters. The molecule has 0 spiro atoms. The second-order valence-electron chi connectivity index (χ2n) is 2.99. The van der Waals surface area contributed by atoms with Gasteiger partial charge in [-0.05, 0) is 19.1 Å². The van der Waals surface area contributed by atoms with Gasteiger partial charge in [0.15, 0.2) is 5.78 Å². The number of ketones is 1. The zero-order chi connectivity index (χ0) is 11.1. The SMILES string of the molecule is CC=CCOCC(=O)c1ccccc1Cl. The van der Waals surface area contributed by atoms with Crippen LogP contribution >= 0.6 is 11.6 Å². The van der Waals surface area contributed by atoms with Crippen molar-refractivity contribution >= 4 is 17.4 Å². The summed E-state index contributed by atoms with van der Waals surface area (Å²) in [6, 6.07) is 6.97. The minimum atomic E-state index is -0.0925. The van der Waals surface area contributed by atoms with Crippen LogP contribution in [0.3, 0.4) is 0 Å². The molecule has 0 radical (unpaired) electrons. The summed E-state index contributed by atoms with van der Waals surface area (Å²) in [5, 5.41) is 0.470. The van der Waals surface area contributed by atoms with E-state index in [1.165, 1.54) is 0 Å². The number of carbonyl (C=O) groups excluding carboxylic acids is 1. The lowest BCUT2D eigenvalue weighted by molar-refractivity contribution is 0.0806. The molecule has 1 aromatic rings. The Morgan fingerprint density at radius 1 is 1.47 bits per heavy atom. The van der Waals surface area contributed by atoms with Crippen molar-refractivity contribution in [2.45, 2.75) is 6.92 Å². The number of ether oxygens (including phenoxy) is 1. The highest BCUT2D eigenvalue weighted by Crippen LogP contribution is 2.15. The first-order valence-electron chi connectivity index (χ1n) is 4.72. The van der Waals surface area contributed by atoms with E-state index in [0.29, 0.717) is 17.2 Å². The van der Waals surface area contributed by atoms with Gasteiger partial charge >= 0.3 is 0 Å². The second-order valence-corrected chi connectivity index (χ2v) is 3.39. The molecule has 80 valence electrons. The number of hydrogen-bond donors (Lipinski definition) is 0. The fraction of sp³-hybridized carbons (Fsp3) is 0.250. The van der Waals surface area contributed by atoms with Crippen molar-refractivity contribution in [2.75, 3.05) is 13.2 Å². The normalized spacial score (nSPS) is 10.8. The van der Waals surface area contributed by atoms with E-state index in [1.54, 1.807) is 24.3 Å². The molecule has 0 aromatic heterocycles. The summed E-state index contributed by atoms with van der Waals surface area (Å²) >= 11 is 5.87. The monoisotopic (exact) mass is 224 g/mol. The van der Waals surface area contributed by atoms with E-state index in [4.69, 9.17) is 16.3 Å².